The molecule has 1 aliphatic rings. The van der Waals surface area contributed by atoms with E-state index >= 15 is 0 Å². The van der Waals surface area contributed by atoms with Crippen molar-refractivity contribution in [3.05, 3.63) is 69.7 Å². The Labute approximate surface area is 169 Å². The van der Waals surface area contributed by atoms with Crippen LogP contribution in [-0.2, 0) is 16.1 Å². The first-order valence-electron chi connectivity index (χ1n) is 8.88. The predicted octanol–water partition coefficient (Wildman–Crippen LogP) is 4.62. The third-order valence-corrected chi connectivity index (χ3v) is 5.45. The first-order valence-corrected chi connectivity index (χ1v) is 9.63. The highest BCUT2D eigenvalue weighted by molar-refractivity contribution is 6.42. The number of hydrogen-bond donors (Lipinski definition) is 1. The number of benzene rings is 2. The average molecular weight is 406 g/mol. The summed E-state index contributed by atoms with van der Waals surface area (Å²) in [5, 5.41) is 3.83. The van der Waals surface area contributed by atoms with Gasteiger partial charge in [-0.25, -0.2) is 0 Å². The smallest absolute Gasteiger partial charge is 0.248 e. The number of ether oxygens (including phenoxy) is 1. The lowest BCUT2D eigenvalue weighted by Crippen LogP contribution is -2.51. The van der Waals surface area contributed by atoms with Gasteiger partial charge in [0.25, 0.3) is 0 Å². The van der Waals surface area contributed by atoms with Crippen LogP contribution in [0.2, 0.25) is 10.0 Å². The summed E-state index contributed by atoms with van der Waals surface area (Å²) in [7, 11) is 2.26. The van der Waals surface area contributed by atoms with Crippen LogP contribution < -0.4 is 5.32 Å². The topological polar surface area (TPSA) is 38.3 Å². The van der Waals surface area contributed by atoms with Gasteiger partial charge >= 0.3 is 0 Å². The molecule has 0 saturated carbocycles. The fourth-order valence-electron chi connectivity index (χ4n) is 3.05. The molecule has 1 saturated heterocycles. The molecule has 1 N–H and O–H groups in total. The van der Waals surface area contributed by atoms with E-state index in [0.717, 1.165) is 48.6 Å². The maximum Gasteiger partial charge on any atom is 0.248 e. The number of amides is 1. The van der Waals surface area contributed by atoms with E-state index in [0.29, 0.717) is 10.0 Å². The van der Waals surface area contributed by atoms with Crippen LogP contribution in [0.25, 0.3) is 6.08 Å². The molecule has 142 valence electrons. The maximum absolute atomic E-state index is 12.1. The molecule has 0 spiro atoms. The molecule has 2 aromatic rings. The van der Waals surface area contributed by atoms with E-state index in [1.807, 2.05) is 18.2 Å². The van der Waals surface area contributed by atoms with Crippen molar-refractivity contribution in [3.63, 3.8) is 0 Å². The zero-order valence-corrected chi connectivity index (χ0v) is 16.8. The van der Waals surface area contributed by atoms with Gasteiger partial charge in [-0.3, -0.25) is 4.79 Å². The molecule has 1 heterocycles. The third kappa shape index (κ3) is 5.81. The summed E-state index contributed by atoms with van der Waals surface area (Å²) in [6, 6.07) is 13.2. The van der Waals surface area contributed by atoms with Gasteiger partial charge in [-0.05, 0) is 35.9 Å². The summed E-state index contributed by atoms with van der Waals surface area (Å²) in [5.74, 6) is -0.194. The van der Waals surface area contributed by atoms with Crippen molar-refractivity contribution in [1.29, 1.82) is 0 Å². The molecule has 1 aliphatic heterocycles. The molecule has 0 aromatic heterocycles. The van der Waals surface area contributed by atoms with Gasteiger partial charge in [0.15, 0.2) is 0 Å². The Kier molecular flexibility index (Phi) is 6.55. The lowest BCUT2D eigenvalue weighted by molar-refractivity contribution is -0.929. The summed E-state index contributed by atoms with van der Waals surface area (Å²) in [6.07, 6.45) is 3.18. The first-order chi connectivity index (χ1) is 12.9. The van der Waals surface area contributed by atoms with Crippen LogP contribution in [0.4, 0.5) is 5.69 Å². The molecule has 1 amide bonds. The Balaban J connectivity index is 1.56. The molecule has 0 radical (unpaired) electrons. The van der Waals surface area contributed by atoms with E-state index in [9.17, 15) is 4.79 Å². The molecule has 1 fully saturated rings. The second kappa shape index (κ2) is 8.89. The number of quaternary nitrogens is 1. The number of nitrogens with zero attached hydrogens (tertiary/aromatic N) is 1. The molecule has 0 atom stereocenters. The van der Waals surface area contributed by atoms with E-state index in [-0.39, 0.29) is 5.91 Å². The number of hydrogen-bond acceptors (Lipinski definition) is 2. The number of rotatable bonds is 5. The molecule has 0 bridgehead atoms. The Morgan fingerprint density at radius 1 is 1.11 bits per heavy atom. The van der Waals surface area contributed by atoms with Crippen LogP contribution in [-0.4, -0.2) is 43.7 Å². The fraction of sp³-hybridized carbons (Fsp3) is 0.286. The number of carbonyl (C=O) groups is 1. The zero-order valence-electron chi connectivity index (χ0n) is 15.3. The molecule has 3 rings (SSSR count). The summed E-state index contributed by atoms with van der Waals surface area (Å²) in [5.41, 5.74) is 2.84. The van der Waals surface area contributed by atoms with E-state index in [1.54, 1.807) is 18.2 Å². The normalized spacial score (nSPS) is 16.4. The van der Waals surface area contributed by atoms with E-state index < -0.39 is 0 Å². The lowest BCUT2D eigenvalue weighted by Gasteiger charge is -2.37. The lowest BCUT2D eigenvalue weighted by atomic mass is 10.1. The second-order valence-electron chi connectivity index (χ2n) is 7.03. The molecule has 2 aromatic carbocycles. The number of anilines is 1. The molecule has 0 aliphatic carbocycles. The Bertz CT molecular complexity index is 829. The monoisotopic (exact) mass is 405 g/mol. The van der Waals surface area contributed by atoms with Crippen LogP contribution in [0, 0.1) is 0 Å². The van der Waals surface area contributed by atoms with Gasteiger partial charge < -0.3 is 14.5 Å². The summed E-state index contributed by atoms with van der Waals surface area (Å²) >= 11 is 11.9. The molecular formula is C21H23Cl2N2O2+. The van der Waals surface area contributed by atoms with Crippen LogP contribution in [0.5, 0.6) is 0 Å². The number of likely N-dealkylation sites (N-methyl/N-ethyl adjacent to an activating group) is 1. The largest absolute Gasteiger partial charge is 0.370 e. The Morgan fingerprint density at radius 2 is 1.81 bits per heavy atom. The summed E-state index contributed by atoms with van der Waals surface area (Å²) in [6.45, 7) is 4.65. The van der Waals surface area contributed by atoms with E-state index in [1.165, 1.54) is 11.6 Å². The van der Waals surface area contributed by atoms with E-state index in [2.05, 4.69) is 24.5 Å². The van der Waals surface area contributed by atoms with Crippen molar-refractivity contribution < 1.29 is 14.0 Å². The van der Waals surface area contributed by atoms with Crippen molar-refractivity contribution >= 4 is 40.9 Å². The molecule has 27 heavy (non-hydrogen) atoms. The van der Waals surface area contributed by atoms with Gasteiger partial charge in [0.1, 0.15) is 19.6 Å². The first kappa shape index (κ1) is 19.9. The second-order valence-corrected chi connectivity index (χ2v) is 7.84. The van der Waals surface area contributed by atoms with Crippen LogP contribution >= 0.6 is 23.2 Å². The van der Waals surface area contributed by atoms with E-state index in [4.69, 9.17) is 27.9 Å². The highest BCUT2D eigenvalue weighted by Gasteiger charge is 2.25. The number of carbonyl (C=O) groups excluding carboxylic acids is 1. The highest BCUT2D eigenvalue weighted by atomic mass is 35.5. The van der Waals surface area contributed by atoms with Crippen molar-refractivity contribution in [2.75, 3.05) is 38.7 Å². The average Bonchev–Trinajstić information content (AvgIpc) is 2.65. The van der Waals surface area contributed by atoms with Gasteiger partial charge in [-0.1, -0.05) is 41.4 Å². The summed E-state index contributed by atoms with van der Waals surface area (Å²) in [4.78, 5) is 12.1. The summed E-state index contributed by atoms with van der Waals surface area (Å²) < 4.78 is 6.43. The van der Waals surface area contributed by atoms with Gasteiger partial charge in [0.05, 0.1) is 30.3 Å². The SMILES string of the molecule is C[N+]1(Cc2ccc(NC(=O)/C=C/c3ccc(Cl)c(Cl)c3)cc2)CCOCC1. The quantitative estimate of drug-likeness (QED) is 0.581. The molecule has 6 heteroatoms. The molecule has 0 unspecified atom stereocenters. The Morgan fingerprint density at radius 3 is 2.48 bits per heavy atom. The number of morpholine rings is 1. The van der Waals surface area contributed by atoms with Crippen molar-refractivity contribution in [2.24, 2.45) is 0 Å². The maximum atomic E-state index is 12.1. The van der Waals surface area contributed by atoms with Crippen LogP contribution in [0.1, 0.15) is 11.1 Å². The van der Waals surface area contributed by atoms with Gasteiger partial charge in [-0.2, -0.15) is 0 Å². The van der Waals surface area contributed by atoms with Crippen LogP contribution in [0.15, 0.2) is 48.5 Å². The minimum absolute atomic E-state index is 0.194. The van der Waals surface area contributed by atoms with Crippen molar-refractivity contribution in [1.82, 2.24) is 0 Å². The minimum atomic E-state index is -0.194. The van der Waals surface area contributed by atoms with Gasteiger partial charge in [0.2, 0.25) is 5.91 Å². The standard InChI is InChI=1S/C21H22Cl2N2O2/c1-25(10-12-27-13-11-25)15-17-2-6-18(7-3-17)24-21(26)9-5-16-4-8-19(22)20(23)14-16/h2-9,14H,10-13,15H2,1H3/p+1/b9-5+. The molecule has 4 nitrogen and oxygen atoms in total. The van der Waals surface area contributed by atoms with Crippen molar-refractivity contribution in [2.45, 2.75) is 6.54 Å². The van der Waals surface area contributed by atoms with Crippen molar-refractivity contribution in [3.8, 4) is 0 Å². The van der Waals surface area contributed by atoms with Gasteiger partial charge in [-0.15, -0.1) is 0 Å². The minimum Gasteiger partial charge on any atom is -0.370 e. The Hall–Kier alpha value is -1.85. The number of halogens is 2. The van der Waals surface area contributed by atoms with Crippen LogP contribution in [0.3, 0.4) is 0 Å². The highest BCUT2D eigenvalue weighted by Crippen LogP contribution is 2.23. The van der Waals surface area contributed by atoms with Gasteiger partial charge in [0, 0.05) is 17.3 Å². The number of nitrogens with one attached hydrogen (secondary N) is 1. The zero-order chi connectivity index (χ0) is 19.3. The predicted molar refractivity (Wildman–Crippen MR) is 111 cm³/mol. The molecular weight excluding hydrogens is 383 g/mol. The third-order valence-electron chi connectivity index (χ3n) is 4.71. The fourth-order valence-corrected chi connectivity index (χ4v) is 3.35.